The molecule has 0 fully saturated rings. The molecule has 88 valence electrons. The van der Waals surface area contributed by atoms with Gasteiger partial charge in [0.2, 0.25) is 0 Å². The molecule has 1 aromatic carbocycles. The molecule has 0 bridgehead atoms. The zero-order valence-corrected chi connectivity index (χ0v) is 11.7. The molecular weight excluding hydrogens is 262 g/mol. The van der Waals surface area contributed by atoms with Crippen molar-refractivity contribution < 1.29 is 0 Å². The summed E-state index contributed by atoms with van der Waals surface area (Å²) in [5.41, 5.74) is 2.56. The Bertz CT molecular complexity index is 310. The zero-order valence-electron chi connectivity index (χ0n) is 10.1. The maximum absolute atomic E-state index is 3.29. The lowest BCUT2D eigenvalue weighted by Gasteiger charge is -2.23. The van der Waals surface area contributed by atoms with Gasteiger partial charge in [0.05, 0.1) is 0 Å². The maximum Gasteiger partial charge on any atom is 0.0366 e. The van der Waals surface area contributed by atoms with Crippen LogP contribution in [0.15, 0.2) is 29.3 Å². The SMILES string of the molecule is CCCN(CCC)c1ccc(/C=C/Br)cc1. The van der Waals surface area contributed by atoms with E-state index in [1.807, 2.05) is 11.1 Å². The van der Waals surface area contributed by atoms with Crippen LogP contribution < -0.4 is 4.90 Å². The van der Waals surface area contributed by atoms with E-state index in [0.29, 0.717) is 0 Å². The van der Waals surface area contributed by atoms with Gasteiger partial charge in [-0.25, -0.2) is 0 Å². The highest BCUT2D eigenvalue weighted by Gasteiger charge is 2.03. The van der Waals surface area contributed by atoms with Crippen LogP contribution in [0.1, 0.15) is 32.3 Å². The molecule has 0 amide bonds. The molecule has 16 heavy (non-hydrogen) atoms. The third-order valence-electron chi connectivity index (χ3n) is 2.50. The van der Waals surface area contributed by atoms with Gasteiger partial charge in [0.1, 0.15) is 0 Å². The fraction of sp³-hybridized carbons (Fsp3) is 0.429. The Hall–Kier alpha value is -0.760. The summed E-state index contributed by atoms with van der Waals surface area (Å²) in [6.07, 6.45) is 4.44. The molecule has 2 heteroatoms. The van der Waals surface area contributed by atoms with Crippen molar-refractivity contribution in [2.24, 2.45) is 0 Å². The van der Waals surface area contributed by atoms with Gasteiger partial charge >= 0.3 is 0 Å². The number of nitrogens with zero attached hydrogens (tertiary/aromatic N) is 1. The summed E-state index contributed by atoms with van der Waals surface area (Å²) in [6.45, 7) is 6.73. The van der Waals surface area contributed by atoms with Gasteiger partial charge in [-0.15, -0.1) is 0 Å². The number of anilines is 1. The predicted molar refractivity (Wildman–Crippen MR) is 77.2 cm³/mol. The Morgan fingerprint density at radius 1 is 1.06 bits per heavy atom. The number of halogens is 1. The lowest BCUT2D eigenvalue weighted by atomic mass is 10.2. The van der Waals surface area contributed by atoms with Crippen LogP contribution in [0.2, 0.25) is 0 Å². The molecular formula is C14H20BrN. The molecule has 0 saturated heterocycles. The van der Waals surface area contributed by atoms with Gasteiger partial charge in [-0.05, 0) is 41.6 Å². The van der Waals surface area contributed by atoms with Crippen LogP contribution in [0.4, 0.5) is 5.69 Å². The third-order valence-corrected chi connectivity index (χ3v) is 2.77. The van der Waals surface area contributed by atoms with Crippen molar-refractivity contribution >= 4 is 27.7 Å². The second-order valence-electron chi connectivity index (χ2n) is 3.87. The van der Waals surface area contributed by atoms with Crippen LogP contribution >= 0.6 is 15.9 Å². The summed E-state index contributed by atoms with van der Waals surface area (Å²) < 4.78 is 0. The molecule has 0 saturated carbocycles. The minimum Gasteiger partial charge on any atom is -0.372 e. The highest BCUT2D eigenvalue weighted by atomic mass is 79.9. The molecule has 1 rings (SSSR count). The van der Waals surface area contributed by atoms with E-state index in [0.717, 1.165) is 13.1 Å². The minimum absolute atomic E-state index is 1.14. The second kappa shape index (κ2) is 7.50. The first-order chi connectivity index (χ1) is 7.81. The largest absolute Gasteiger partial charge is 0.372 e. The van der Waals surface area contributed by atoms with Gasteiger partial charge in [0.15, 0.2) is 0 Å². The Kier molecular flexibility index (Phi) is 6.24. The van der Waals surface area contributed by atoms with Gasteiger partial charge in [0.25, 0.3) is 0 Å². The molecule has 1 nitrogen and oxygen atoms in total. The van der Waals surface area contributed by atoms with Crippen molar-refractivity contribution in [3.05, 3.63) is 34.8 Å². The van der Waals surface area contributed by atoms with Crippen LogP contribution in [-0.4, -0.2) is 13.1 Å². The van der Waals surface area contributed by atoms with Crippen LogP contribution in [0.25, 0.3) is 6.08 Å². The Balaban J connectivity index is 2.76. The smallest absolute Gasteiger partial charge is 0.0366 e. The van der Waals surface area contributed by atoms with Gasteiger partial charge in [-0.3, -0.25) is 0 Å². The molecule has 0 atom stereocenters. The quantitative estimate of drug-likeness (QED) is 0.732. The first-order valence-corrected chi connectivity index (χ1v) is 6.85. The molecule has 1 aromatic rings. The molecule has 0 spiro atoms. The van der Waals surface area contributed by atoms with E-state index in [4.69, 9.17) is 0 Å². The second-order valence-corrected chi connectivity index (χ2v) is 4.40. The van der Waals surface area contributed by atoms with Crippen molar-refractivity contribution in [2.75, 3.05) is 18.0 Å². The van der Waals surface area contributed by atoms with Gasteiger partial charge in [-0.2, -0.15) is 0 Å². The minimum atomic E-state index is 1.14. The van der Waals surface area contributed by atoms with E-state index in [1.54, 1.807) is 0 Å². The van der Waals surface area contributed by atoms with E-state index in [-0.39, 0.29) is 0 Å². The number of rotatable bonds is 6. The summed E-state index contributed by atoms with van der Waals surface area (Å²) in [5, 5.41) is 0. The Labute approximate surface area is 107 Å². The van der Waals surface area contributed by atoms with Crippen molar-refractivity contribution in [3.63, 3.8) is 0 Å². The van der Waals surface area contributed by atoms with E-state index >= 15 is 0 Å². The summed E-state index contributed by atoms with van der Waals surface area (Å²) >= 11 is 3.29. The van der Waals surface area contributed by atoms with E-state index in [1.165, 1.54) is 24.1 Å². The van der Waals surface area contributed by atoms with Gasteiger partial charge < -0.3 is 4.90 Å². The highest BCUT2D eigenvalue weighted by molar-refractivity contribution is 9.11. The van der Waals surface area contributed by atoms with Gasteiger partial charge in [-0.1, -0.05) is 41.9 Å². The monoisotopic (exact) mass is 281 g/mol. The number of hydrogen-bond donors (Lipinski definition) is 0. The summed E-state index contributed by atoms with van der Waals surface area (Å²) in [4.78, 5) is 4.33. The lowest BCUT2D eigenvalue weighted by Crippen LogP contribution is -2.24. The average Bonchev–Trinajstić information content (AvgIpc) is 2.30. The van der Waals surface area contributed by atoms with Crippen molar-refractivity contribution in [2.45, 2.75) is 26.7 Å². The number of hydrogen-bond acceptors (Lipinski definition) is 1. The lowest BCUT2D eigenvalue weighted by molar-refractivity contribution is 0.745. The maximum atomic E-state index is 3.29. The Morgan fingerprint density at radius 3 is 2.06 bits per heavy atom. The summed E-state index contributed by atoms with van der Waals surface area (Å²) in [5.74, 6) is 0. The first-order valence-electron chi connectivity index (χ1n) is 5.93. The van der Waals surface area contributed by atoms with Crippen molar-refractivity contribution in [1.29, 1.82) is 0 Å². The fourth-order valence-electron chi connectivity index (χ4n) is 1.78. The normalized spacial score (nSPS) is 10.9. The summed E-state index contributed by atoms with van der Waals surface area (Å²) in [6, 6.07) is 8.72. The van der Waals surface area contributed by atoms with Crippen LogP contribution in [0, 0.1) is 0 Å². The molecule has 0 heterocycles. The molecule has 0 aromatic heterocycles. The number of benzene rings is 1. The fourth-order valence-corrected chi connectivity index (χ4v) is 2.08. The van der Waals surface area contributed by atoms with E-state index < -0.39 is 0 Å². The van der Waals surface area contributed by atoms with Gasteiger partial charge in [0, 0.05) is 18.8 Å². The van der Waals surface area contributed by atoms with E-state index in [9.17, 15) is 0 Å². The molecule has 0 aliphatic rings. The molecule has 0 aliphatic carbocycles. The average molecular weight is 282 g/mol. The van der Waals surface area contributed by atoms with Crippen LogP contribution in [0.5, 0.6) is 0 Å². The van der Waals surface area contributed by atoms with Crippen molar-refractivity contribution in [1.82, 2.24) is 0 Å². The molecule has 0 radical (unpaired) electrons. The standard InChI is InChI=1S/C14H20BrN/c1-3-11-16(12-4-2)14-7-5-13(6-8-14)9-10-15/h5-10H,3-4,11-12H2,1-2H3/b10-9+. The third kappa shape index (κ3) is 4.01. The Morgan fingerprint density at radius 2 is 1.62 bits per heavy atom. The van der Waals surface area contributed by atoms with Crippen LogP contribution in [-0.2, 0) is 0 Å². The first kappa shape index (κ1) is 13.3. The zero-order chi connectivity index (χ0) is 11.8. The molecule has 0 aliphatic heterocycles. The molecule has 0 unspecified atom stereocenters. The summed E-state index contributed by atoms with van der Waals surface area (Å²) in [7, 11) is 0. The molecule has 0 N–H and O–H groups in total. The van der Waals surface area contributed by atoms with Crippen molar-refractivity contribution in [3.8, 4) is 0 Å². The highest BCUT2D eigenvalue weighted by Crippen LogP contribution is 2.17. The van der Waals surface area contributed by atoms with Crippen LogP contribution in [0.3, 0.4) is 0 Å². The predicted octanol–water partition coefficient (Wildman–Crippen LogP) is 4.68. The topological polar surface area (TPSA) is 3.24 Å². The van der Waals surface area contributed by atoms with E-state index in [2.05, 4.69) is 58.9 Å².